The molecule has 0 spiro atoms. The maximum atomic E-state index is 11.7. The van der Waals surface area contributed by atoms with Crippen LogP contribution in [0.25, 0.3) is 0 Å². The van der Waals surface area contributed by atoms with Gasteiger partial charge in [0.05, 0.1) is 0 Å². The first kappa shape index (κ1) is 12.9. The Bertz CT molecular complexity index is 459. The highest BCUT2D eigenvalue weighted by molar-refractivity contribution is 5.83. The lowest BCUT2D eigenvalue weighted by atomic mass is 10.1. The van der Waals surface area contributed by atoms with Gasteiger partial charge in [-0.3, -0.25) is 5.32 Å². The number of ether oxygens (including phenoxy) is 1. The molecular weight excluding hydrogens is 228 g/mol. The van der Waals surface area contributed by atoms with Gasteiger partial charge in [0.2, 0.25) is 0 Å². The molecule has 0 aromatic carbocycles. The van der Waals surface area contributed by atoms with Gasteiger partial charge in [-0.15, -0.1) is 0 Å². The summed E-state index contributed by atoms with van der Waals surface area (Å²) in [5.41, 5.74) is 1.69. The number of pyridine rings is 1. The minimum absolute atomic E-state index is 0.456. The highest BCUT2D eigenvalue weighted by Crippen LogP contribution is 2.40. The molecule has 1 aromatic rings. The molecule has 0 radical (unpaired) electrons. The van der Waals surface area contributed by atoms with E-state index in [1.54, 1.807) is 0 Å². The Hall–Kier alpha value is -1.58. The lowest BCUT2D eigenvalue weighted by Crippen LogP contribution is -2.27. The van der Waals surface area contributed by atoms with Crippen molar-refractivity contribution in [3.63, 3.8) is 0 Å². The number of nitrogens with zero attached hydrogens (tertiary/aromatic N) is 1. The topological polar surface area (TPSA) is 51.2 Å². The maximum Gasteiger partial charge on any atom is 0.413 e. The Balaban J connectivity index is 2.06. The van der Waals surface area contributed by atoms with E-state index in [0.717, 1.165) is 5.69 Å². The largest absolute Gasteiger partial charge is 0.444 e. The number of rotatable bonds is 2. The number of carbonyl (C=O) groups is 1. The van der Waals surface area contributed by atoms with Crippen molar-refractivity contribution in [2.45, 2.75) is 52.1 Å². The summed E-state index contributed by atoms with van der Waals surface area (Å²) in [5, 5.41) is 2.69. The second-order valence-corrected chi connectivity index (χ2v) is 5.83. The van der Waals surface area contributed by atoms with Crippen LogP contribution in [0.4, 0.5) is 10.6 Å². The van der Waals surface area contributed by atoms with Crippen molar-refractivity contribution in [1.82, 2.24) is 4.98 Å². The highest BCUT2D eigenvalue weighted by atomic mass is 16.6. The molecule has 18 heavy (non-hydrogen) atoms. The SMILES string of the molecule is Cc1cc(C2CC2)cc(NC(=O)OC(C)(C)C)n1. The molecule has 1 amide bonds. The highest BCUT2D eigenvalue weighted by Gasteiger charge is 2.24. The number of hydrogen-bond acceptors (Lipinski definition) is 3. The molecular formula is C14H20N2O2. The van der Waals surface area contributed by atoms with Gasteiger partial charge >= 0.3 is 6.09 Å². The standard InChI is InChI=1S/C14H20N2O2/c1-9-7-11(10-5-6-10)8-12(15-9)16-13(17)18-14(2,3)4/h7-8,10H,5-6H2,1-4H3,(H,15,16,17). The minimum Gasteiger partial charge on any atom is -0.444 e. The lowest BCUT2D eigenvalue weighted by Gasteiger charge is -2.19. The number of aryl methyl sites for hydroxylation is 1. The second kappa shape index (κ2) is 4.59. The van der Waals surface area contributed by atoms with Crippen LogP contribution in [0.5, 0.6) is 0 Å². The van der Waals surface area contributed by atoms with Crippen molar-refractivity contribution in [3.05, 3.63) is 23.4 Å². The molecule has 1 saturated carbocycles. The molecule has 0 aliphatic heterocycles. The van der Waals surface area contributed by atoms with Crippen LogP contribution in [0.15, 0.2) is 12.1 Å². The summed E-state index contributed by atoms with van der Waals surface area (Å²) >= 11 is 0. The first-order valence-corrected chi connectivity index (χ1v) is 6.32. The maximum absolute atomic E-state index is 11.7. The van der Waals surface area contributed by atoms with Crippen molar-refractivity contribution in [3.8, 4) is 0 Å². The van der Waals surface area contributed by atoms with Gasteiger partial charge in [0.1, 0.15) is 11.4 Å². The number of anilines is 1. The van der Waals surface area contributed by atoms with E-state index in [0.29, 0.717) is 11.7 Å². The predicted molar refractivity (Wildman–Crippen MR) is 70.8 cm³/mol. The van der Waals surface area contributed by atoms with Crippen molar-refractivity contribution in [2.75, 3.05) is 5.32 Å². The fourth-order valence-corrected chi connectivity index (χ4v) is 1.82. The number of nitrogens with one attached hydrogen (secondary N) is 1. The minimum atomic E-state index is -0.493. The van der Waals surface area contributed by atoms with E-state index in [2.05, 4.69) is 16.4 Å². The van der Waals surface area contributed by atoms with Gasteiger partial charge in [0.15, 0.2) is 0 Å². The first-order valence-electron chi connectivity index (χ1n) is 6.32. The molecule has 1 N–H and O–H groups in total. The summed E-state index contributed by atoms with van der Waals surface area (Å²) < 4.78 is 5.21. The third-order valence-electron chi connectivity index (χ3n) is 2.65. The first-order chi connectivity index (χ1) is 8.33. The molecule has 1 fully saturated rings. The molecule has 1 heterocycles. The van der Waals surface area contributed by atoms with Crippen LogP contribution in [0, 0.1) is 6.92 Å². The number of hydrogen-bond donors (Lipinski definition) is 1. The fraction of sp³-hybridized carbons (Fsp3) is 0.571. The smallest absolute Gasteiger partial charge is 0.413 e. The molecule has 1 aliphatic rings. The van der Waals surface area contributed by atoms with Crippen LogP contribution in [-0.4, -0.2) is 16.7 Å². The Morgan fingerprint density at radius 2 is 2.06 bits per heavy atom. The van der Waals surface area contributed by atoms with Gasteiger partial charge in [-0.25, -0.2) is 9.78 Å². The second-order valence-electron chi connectivity index (χ2n) is 5.83. The molecule has 0 atom stereocenters. The zero-order chi connectivity index (χ0) is 13.3. The van der Waals surface area contributed by atoms with E-state index in [9.17, 15) is 4.79 Å². The number of carbonyl (C=O) groups excluding carboxylic acids is 1. The van der Waals surface area contributed by atoms with Gasteiger partial charge in [0, 0.05) is 5.69 Å². The summed E-state index contributed by atoms with van der Waals surface area (Å²) in [4.78, 5) is 16.0. The summed E-state index contributed by atoms with van der Waals surface area (Å²) in [5.74, 6) is 1.22. The predicted octanol–water partition coefficient (Wildman–Crippen LogP) is 3.61. The Kier molecular flexibility index (Phi) is 3.28. The molecule has 4 nitrogen and oxygen atoms in total. The van der Waals surface area contributed by atoms with Gasteiger partial charge in [-0.2, -0.15) is 0 Å². The summed E-state index contributed by atoms with van der Waals surface area (Å²) in [7, 11) is 0. The zero-order valence-electron chi connectivity index (χ0n) is 11.4. The summed E-state index contributed by atoms with van der Waals surface area (Å²) in [6.07, 6.45) is 2.01. The fourth-order valence-electron chi connectivity index (χ4n) is 1.82. The van der Waals surface area contributed by atoms with Crippen LogP contribution in [-0.2, 0) is 4.74 Å². The van der Waals surface area contributed by atoms with Gasteiger partial charge in [-0.05, 0) is 64.2 Å². The van der Waals surface area contributed by atoms with Crippen molar-refractivity contribution in [1.29, 1.82) is 0 Å². The van der Waals surface area contributed by atoms with Crippen LogP contribution < -0.4 is 5.32 Å². The van der Waals surface area contributed by atoms with E-state index in [1.807, 2.05) is 33.8 Å². The molecule has 0 saturated heterocycles. The molecule has 1 aliphatic carbocycles. The van der Waals surface area contributed by atoms with Gasteiger partial charge in [0.25, 0.3) is 0 Å². The van der Waals surface area contributed by atoms with E-state index in [1.165, 1.54) is 18.4 Å². The van der Waals surface area contributed by atoms with Crippen molar-refractivity contribution in [2.24, 2.45) is 0 Å². The molecule has 0 bridgehead atoms. The van der Waals surface area contributed by atoms with E-state index < -0.39 is 11.7 Å². The van der Waals surface area contributed by atoms with Gasteiger partial charge < -0.3 is 4.74 Å². The lowest BCUT2D eigenvalue weighted by molar-refractivity contribution is 0.0635. The van der Waals surface area contributed by atoms with E-state index >= 15 is 0 Å². The van der Waals surface area contributed by atoms with Crippen molar-refractivity contribution < 1.29 is 9.53 Å². The normalized spacial score (nSPS) is 15.3. The Morgan fingerprint density at radius 1 is 1.39 bits per heavy atom. The van der Waals surface area contributed by atoms with E-state index in [-0.39, 0.29) is 0 Å². The molecule has 98 valence electrons. The average Bonchev–Trinajstić information content (AvgIpc) is 2.95. The summed E-state index contributed by atoms with van der Waals surface area (Å²) in [6, 6.07) is 4.02. The van der Waals surface area contributed by atoms with Gasteiger partial charge in [-0.1, -0.05) is 0 Å². The third kappa shape index (κ3) is 3.72. The Morgan fingerprint density at radius 3 is 2.61 bits per heavy atom. The van der Waals surface area contributed by atoms with Crippen LogP contribution in [0.2, 0.25) is 0 Å². The molecule has 4 heteroatoms. The molecule has 1 aromatic heterocycles. The third-order valence-corrected chi connectivity index (χ3v) is 2.65. The monoisotopic (exact) mass is 248 g/mol. The molecule has 2 rings (SSSR count). The van der Waals surface area contributed by atoms with Crippen LogP contribution >= 0.6 is 0 Å². The quantitative estimate of drug-likeness (QED) is 0.869. The number of aromatic nitrogens is 1. The van der Waals surface area contributed by atoms with Crippen molar-refractivity contribution >= 4 is 11.9 Å². The molecule has 0 unspecified atom stereocenters. The Labute approximate surface area is 108 Å². The van der Waals surface area contributed by atoms with Crippen LogP contribution in [0.3, 0.4) is 0 Å². The average molecular weight is 248 g/mol. The summed E-state index contributed by atoms with van der Waals surface area (Å²) in [6.45, 7) is 7.45. The zero-order valence-corrected chi connectivity index (χ0v) is 11.4. The number of amides is 1. The van der Waals surface area contributed by atoms with E-state index in [4.69, 9.17) is 4.74 Å². The van der Waals surface area contributed by atoms with Crippen LogP contribution in [0.1, 0.15) is 50.8 Å².